The van der Waals surface area contributed by atoms with E-state index in [1.165, 1.54) is 33.2 Å². The fraction of sp³-hybridized carbons (Fsp3) is 0.217. The van der Waals surface area contributed by atoms with Crippen molar-refractivity contribution in [2.24, 2.45) is 5.73 Å². The summed E-state index contributed by atoms with van der Waals surface area (Å²) in [5.74, 6) is 0. The fourth-order valence-electron chi connectivity index (χ4n) is 3.74. The molecule has 1 saturated carbocycles. The predicted octanol–water partition coefficient (Wildman–Crippen LogP) is 4.94. The van der Waals surface area contributed by atoms with Crippen LogP contribution in [0.1, 0.15) is 36.5 Å². The molecule has 2 nitrogen and oxygen atoms in total. The maximum absolute atomic E-state index is 5.95. The zero-order valence-corrected chi connectivity index (χ0v) is 14.6. The Kier molecular flexibility index (Phi) is 4.06. The molecule has 0 atom stereocenters. The fourth-order valence-corrected chi connectivity index (χ4v) is 3.74. The number of nitrogens with one attached hydrogen (secondary N) is 1. The maximum atomic E-state index is 5.95. The minimum absolute atomic E-state index is 0.0322. The van der Waals surface area contributed by atoms with Gasteiger partial charge in [0.05, 0.1) is 5.54 Å². The summed E-state index contributed by atoms with van der Waals surface area (Å²) in [5.41, 5.74) is 10.9. The number of fused-ring (bicyclic) bond motifs is 1. The van der Waals surface area contributed by atoms with Gasteiger partial charge in [0.2, 0.25) is 0 Å². The Bertz CT molecular complexity index is 930. The van der Waals surface area contributed by atoms with Gasteiger partial charge in [0.1, 0.15) is 0 Å². The first-order chi connectivity index (χ1) is 12.3. The second-order valence-electron chi connectivity index (χ2n) is 6.80. The molecule has 3 aromatic carbocycles. The van der Waals surface area contributed by atoms with Crippen LogP contribution in [-0.4, -0.2) is 0 Å². The number of benzene rings is 3. The van der Waals surface area contributed by atoms with Gasteiger partial charge in [-0.1, -0.05) is 72.8 Å². The molecule has 1 fully saturated rings. The lowest BCUT2D eigenvalue weighted by Crippen LogP contribution is -2.28. The predicted molar refractivity (Wildman–Crippen MR) is 106 cm³/mol. The molecule has 4 rings (SSSR count). The van der Waals surface area contributed by atoms with Crippen molar-refractivity contribution in [1.82, 2.24) is 5.32 Å². The van der Waals surface area contributed by atoms with E-state index in [0.717, 1.165) is 12.8 Å². The van der Waals surface area contributed by atoms with Crippen molar-refractivity contribution in [3.63, 3.8) is 0 Å². The van der Waals surface area contributed by atoms with Crippen LogP contribution in [-0.2, 0) is 12.1 Å². The highest BCUT2D eigenvalue weighted by Crippen LogP contribution is 2.49. The quantitative estimate of drug-likeness (QED) is 0.696. The summed E-state index contributed by atoms with van der Waals surface area (Å²) in [6, 6.07) is 23.7. The van der Waals surface area contributed by atoms with Crippen LogP contribution in [0.15, 0.2) is 72.8 Å². The molecule has 2 heteroatoms. The molecule has 1 aliphatic carbocycles. The van der Waals surface area contributed by atoms with Crippen LogP contribution in [0.4, 0.5) is 0 Å². The molecule has 0 heterocycles. The van der Waals surface area contributed by atoms with Gasteiger partial charge in [0, 0.05) is 17.8 Å². The Balaban J connectivity index is 1.74. The normalized spacial score (nSPS) is 16.0. The Morgan fingerprint density at radius 3 is 2.48 bits per heavy atom. The third-order valence-corrected chi connectivity index (χ3v) is 5.25. The topological polar surface area (TPSA) is 38.0 Å². The third kappa shape index (κ3) is 2.83. The Morgan fingerprint density at radius 2 is 1.72 bits per heavy atom. The van der Waals surface area contributed by atoms with Gasteiger partial charge in [-0.25, -0.2) is 0 Å². The van der Waals surface area contributed by atoms with Crippen LogP contribution < -0.4 is 11.1 Å². The molecule has 0 bridgehead atoms. The average Bonchev–Trinajstić information content (AvgIpc) is 3.46. The second kappa shape index (κ2) is 6.38. The SMILES string of the molecule is CC=C(NC1(c2cccc3ccccc23)CC1)c1ccccc1CN. The van der Waals surface area contributed by atoms with Gasteiger partial charge in [-0.3, -0.25) is 0 Å². The van der Waals surface area contributed by atoms with E-state index in [9.17, 15) is 0 Å². The van der Waals surface area contributed by atoms with Crippen LogP contribution in [0.25, 0.3) is 16.5 Å². The highest BCUT2D eigenvalue weighted by Gasteiger charge is 2.45. The molecule has 0 unspecified atom stereocenters. The van der Waals surface area contributed by atoms with Gasteiger partial charge in [-0.2, -0.15) is 0 Å². The summed E-state index contributed by atoms with van der Waals surface area (Å²) in [4.78, 5) is 0. The van der Waals surface area contributed by atoms with Gasteiger partial charge in [0.15, 0.2) is 0 Å². The van der Waals surface area contributed by atoms with Crippen molar-refractivity contribution < 1.29 is 0 Å². The van der Waals surface area contributed by atoms with Crippen molar-refractivity contribution >= 4 is 16.5 Å². The second-order valence-corrected chi connectivity index (χ2v) is 6.80. The average molecular weight is 328 g/mol. The first-order valence-corrected chi connectivity index (χ1v) is 8.98. The van der Waals surface area contributed by atoms with Gasteiger partial charge < -0.3 is 11.1 Å². The standard InChI is InChI=1S/C23H24N2/c1-2-22(20-12-6-4-9-18(20)16-24)25-23(14-15-23)21-13-7-10-17-8-3-5-11-19(17)21/h2-13,25H,14-16,24H2,1H3. The van der Waals surface area contributed by atoms with Gasteiger partial charge in [0.25, 0.3) is 0 Å². The first kappa shape index (κ1) is 15.9. The minimum Gasteiger partial charge on any atom is -0.375 e. The van der Waals surface area contributed by atoms with Crippen molar-refractivity contribution in [2.75, 3.05) is 0 Å². The molecule has 25 heavy (non-hydrogen) atoms. The van der Waals surface area contributed by atoms with Gasteiger partial charge >= 0.3 is 0 Å². The highest BCUT2D eigenvalue weighted by atomic mass is 15.0. The lowest BCUT2D eigenvalue weighted by atomic mass is 9.95. The van der Waals surface area contributed by atoms with E-state index in [1.807, 2.05) is 0 Å². The molecule has 0 amide bonds. The lowest BCUT2D eigenvalue weighted by molar-refractivity contribution is 0.634. The molecular formula is C23H24N2. The number of rotatable bonds is 5. The van der Waals surface area contributed by atoms with E-state index in [4.69, 9.17) is 5.73 Å². The van der Waals surface area contributed by atoms with Crippen molar-refractivity contribution in [1.29, 1.82) is 0 Å². The monoisotopic (exact) mass is 328 g/mol. The van der Waals surface area contributed by atoms with Crippen molar-refractivity contribution in [3.05, 3.63) is 89.5 Å². The summed E-state index contributed by atoms with van der Waals surface area (Å²) < 4.78 is 0. The zero-order chi connectivity index (χ0) is 17.3. The Labute approximate surface area is 149 Å². The lowest BCUT2D eigenvalue weighted by Gasteiger charge is -2.24. The Hall–Kier alpha value is -2.58. The largest absolute Gasteiger partial charge is 0.375 e. The molecule has 3 N–H and O–H groups in total. The van der Waals surface area contributed by atoms with Crippen LogP contribution in [0.2, 0.25) is 0 Å². The van der Waals surface area contributed by atoms with E-state index in [-0.39, 0.29) is 5.54 Å². The Morgan fingerprint density at radius 1 is 1.00 bits per heavy atom. The summed E-state index contributed by atoms with van der Waals surface area (Å²) in [5, 5.41) is 6.51. The molecule has 0 radical (unpaired) electrons. The minimum atomic E-state index is 0.0322. The third-order valence-electron chi connectivity index (χ3n) is 5.25. The highest BCUT2D eigenvalue weighted by molar-refractivity contribution is 5.87. The van der Waals surface area contributed by atoms with Crippen LogP contribution in [0.5, 0.6) is 0 Å². The van der Waals surface area contributed by atoms with E-state index in [1.54, 1.807) is 0 Å². The number of nitrogens with two attached hydrogens (primary N) is 1. The summed E-state index contributed by atoms with van der Waals surface area (Å²) in [6.45, 7) is 2.64. The van der Waals surface area contributed by atoms with Crippen LogP contribution >= 0.6 is 0 Å². The van der Waals surface area contributed by atoms with E-state index in [2.05, 4.69) is 85.0 Å². The molecule has 0 saturated heterocycles. The molecule has 126 valence electrons. The smallest absolute Gasteiger partial charge is 0.0633 e. The number of allylic oxidation sites excluding steroid dienone is 1. The van der Waals surface area contributed by atoms with Crippen molar-refractivity contribution in [2.45, 2.75) is 31.8 Å². The number of hydrogen-bond donors (Lipinski definition) is 2. The summed E-state index contributed by atoms with van der Waals surface area (Å²) in [6.07, 6.45) is 4.48. The molecule has 3 aromatic rings. The maximum Gasteiger partial charge on any atom is 0.0633 e. The first-order valence-electron chi connectivity index (χ1n) is 8.98. The molecule has 0 aliphatic heterocycles. The molecular weight excluding hydrogens is 304 g/mol. The van der Waals surface area contributed by atoms with E-state index < -0.39 is 0 Å². The van der Waals surface area contributed by atoms with E-state index in [0.29, 0.717) is 6.54 Å². The van der Waals surface area contributed by atoms with Crippen LogP contribution in [0, 0.1) is 0 Å². The summed E-state index contributed by atoms with van der Waals surface area (Å²) in [7, 11) is 0. The zero-order valence-electron chi connectivity index (χ0n) is 14.6. The number of hydrogen-bond acceptors (Lipinski definition) is 2. The molecule has 0 aromatic heterocycles. The van der Waals surface area contributed by atoms with E-state index >= 15 is 0 Å². The van der Waals surface area contributed by atoms with Crippen molar-refractivity contribution in [3.8, 4) is 0 Å². The van der Waals surface area contributed by atoms with Gasteiger partial charge in [-0.15, -0.1) is 0 Å². The molecule has 0 spiro atoms. The van der Waals surface area contributed by atoms with Crippen LogP contribution in [0.3, 0.4) is 0 Å². The summed E-state index contributed by atoms with van der Waals surface area (Å²) >= 11 is 0. The molecule has 1 aliphatic rings. The van der Waals surface area contributed by atoms with Gasteiger partial charge in [-0.05, 0) is 41.7 Å².